The van der Waals surface area contributed by atoms with Crippen molar-refractivity contribution in [2.45, 2.75) is 140 Å². The maximum atomic E-state index is 13.5. The lowest BCUT2D eigenvalue weighted by molar-refractivity contribution is -0.136. The van der Waals surface area contributed by atoms with Crippen molar-refractivity contribution in [2.24, 2.45) is 5.73 Å². The SMILES string of the molecule is CC(=O)Oc1ccc(CC(=O)O)cc1.COCOc1c(OC)c(C)cc2c1[C@@H]1C3Cc4c(O)c(C)c5c(c4[C@H](CN)N3C(C#N)[C@H](C2)N1C)OCO5.COCOc1c(OC)c(C)cc2c1[C@@H]1C3Cc4c(O)c(C)c5c(c4[C@H](CNC(=O)Cc4ccc(OC(C)=O)cc4)N3C(C#N)[C@H](C2)N1C)OCO5. The number of benzene rings is 6. The second kappa shape index (κ2) is 30.1. The summed E-state index contributed by atoms with van der Waals surface area (Å²) in [6.07, 6.45) is 2.23. The van der Waals surface area contributed by atoms with Crippen LogP contribution >= 0.6 is 0 Å². The summed E-state index contributed by atoms with van der Waals surface area (Å²) in [5, 5.41) is 56.2. The number of carbonyl (C=O) groups excluding carboxylic acids is 3. The van der Waals surface area contributed by atoms with Gasteiger partial charge in [0, 0.05) is 110 Å². The molecule has 14 rings (SSSR count). The second-order valence-electron chi connectivity index (χ2n) is 26.9. The van der Waals surface area contributed by atoms with Crippen molar-refractivity contribution in [1.82, 2.24) is 24.9 Å². The molecule has 0 radical (unpaired) electrons. The fraction of sp³-hybridized carbons (Fsp3) is 0.447. The van der Waals surface area contributed by atoms with Crippen LogP contribution in [0.15, 0.2) is 60.7 Å². The largest absolute Gasteiger partial charge is 0.507 e. The molecular weight excluding hydrogens is 1330 g/mol. The van der Waals surface area contributed by atoms with Crippen molar-refractivity contribution in [3.8, 4) is 81.1 Å². The monoisotopic (exact) mass is 1410 g/mol. The van der Waals surface area contributed by atoms with Crippen molar-refractivity contribution in [2.75, 3.05) is 82.8 Å². The van der Waals surface area contributed by atoms with Gasteiger partial charge >= 0.3 is 17.9 Å². The van der Waals surface area contributed by atoms with Gasteiger partial charge in [0.15, 0.2) is 59.6 Å². The van der Waals surface area contributed by atoms with Crippen LogP contribution < -0.4 is 58.4 Å². The molecule has 2 fully saturated rings. The van der Waals surface area contributed by atoms with E-state index in [2.05, 4.69) is 56.2 Å². The molecule has 27 heteroatoms. The van der Waals surface area contributed by atoms with Crippen LogP contribution in [0.1, 0.15) is 116 Å². The first-order valence-electron chi connectivity index (χ1n) is 34.0. The Kier molecular flexibility index (Phi) is 21.2. The van der Waals surface area contributed by atoms with Gasteiger partial charge in [-0.3, -0.25) is 38.8 Å². The molecule has 6 N–H and O–H groups in total. The highest BCUT2D eigenvalue weighted by Gasteiger charge is 2.59. The molecule has 4 unspecified atom stereocenters. The minimum atomic E-state index is -0.884. The van der Waals surface area contributed by atoms with Gasteiger partial charge in [-0.05, 0) is 125 Å². The van der Waals surface area contributed by atoms with Crippen LogP contribution in [0.25, 0.3) is 0 Å². The van der Waals surface area contributed by atoms with Gasteiger partial charge in [-0.15, -0.1) is 0 Å². The number of nitrogens with two attached hydrogens (primary N) is 1. The number of carboxylic acids is 1. The second-order valence-corrected chi connectivity index (χ2v) is 26.9. The van der Waals surface area contributed by atoms with Crippen LogP contribution in [0.5, 0.6) is 69.0 Å². The molecule has 8 aliphatic heterocycles. The third-order valence-corrected chi connectivity index (χ3v) is 21.0. The van der Waals surface area contributed by atoms with E-state index in [4.69, 9.17) is 67.7 Å². The van der Waals surface area contributed by atoms with Gasteiger partial charge in [0.2, 0.25) is 19.5 Å². The van der Waals surface area contributed by atoms with Gasteiger partial charge in [0.05, 0.1) is 63.4 Å². The van der Waals surface area contributed by atoms with E-state index in [9.17, 15) is 39.9 Å². The maximum absolute atomic E-state index is 13.5. The number of ether oxygens (including phenoxy) is 12. The van der Waals surface area contributed by atoms with E-state index in [1.54, 1.807) is 83.9 Å². The third-order valence-electron chi connectivity index (χ3n) is 21.0. The molecular formula is C76H86N8O19. The lowest BCUT2D eigenvalue weighted by atomic mass is 9.71. The number of amides is 1. The zero-order chi connectivity index (χ0) is 73.6. The van der Waals surface area contributed by atoms with Crippen LogP contribution in [-0.4, -0.2) is 178 Å². The number of carboxylic acid groups (broad SMARTS) is 1. The summed E-state index contributed by atoms with van der Waals surface area (Å²) in [6, 6.07) is 19.7. The standard InChI is InChI=1S/C38H42N4O9.C28H34N4O6.C10H10O4/c1-19-11-23-13-26-28(15-39)42-27(33(41(26)4)31(23)37(35(19)47-6)48-17-46-5)14-25-32(38-36(49-18-50-38)20(2)34(25)45)29(42)16-40-30(44)12-22-7-9-24(10-8-22)51-21(3)43;1-13-6-15-7-17-19(9-29)32-18(23(31(17)3)21(15)27(25(13)35-5)36-11-34-4)8-16-22(20(32)10-30)28-26(37-12-38-28)14(2)24(16)33;1-7(11)14-9-4-2-8(3-5-9)6-10(12)13/h7-11,26-29,33,45H,12-14,16-18H2,1-6H3,(H,40,44);6,17-20,23,33H,7-8,10-12,30H2,1-5H3;2-5H,6H2,1H3,(H,12,13)/t26-,27?,28?,29-,33-;17-,18?,19?,20-,23-;/m00./s1. The summed E-state index contributed by atoms with van der Waals surface area (Å²) >= 11 is 0. The molecule has 8 heterocycles. The Morgan fingerprint density at radius 1 is 0.573 bits per heavy atom. The number of piperazine rings is 2. The minimum absolute atomic E-state index is 0.000296. The van der Waals surface area contributed by atoms with Crippen molar-refractivity contribution < 1.29 is 91.3 Å². The molecule has 0 saturated carbocycles. The number of methoxy groups -OCH3 is 4. The van der Waals surface area contributed by atoms with Gasteiger partial charge < -0.3 is 83.2 Å². The van der Waals surface area contributed by atoms with E-state index in [-0.39, 0.29) is 113 Å². The van der Waals surface area contributed by atoms with Crippen LogP contribution in [-0.2, 0) is 67.2 Å². The third kappa shape index (κ3) is 13.2. The van der Waals surface area contributed by atoms with Crippen molar-refractivity contribution in [3.05, 3.63) is 139 Å². The summed E-state index contributed by atoms with van der Waals surface area (Å²) in [6.45, 7) is 10.9. The van der Waals surface area contributed by atoms with E-state index < -0.39 is 36.0 Å². The zero-order valence-corrected chi connectivity index (χ0v) is 59.7. The molecule has 103 heavy (non-hydrogen) atoms. The number of carbonyl (C=O) groups is 4. The van der Waals surface area contributed by atoms with Crippen LogP contribution in [0.2, 0.25) is 0 Å². The van der Waals surface area contributed by atoms with Gasteiger partial charge in [0.25, 0.3) is 0 Å². The molecule has 544 valence electrons. The molecule has 6 aromatic rings. The Morgan fingerprint density at radius 2 is 0.981 bits per heavy atom. The van der Waals surface area contributed by atoms with E-state index in [0.29, 0.717) is 111 Å². The summed E-state index contributed by atoms with van der Waals surface area (Å²) in [5.74, 6) is 3.96. The van der Waals surface area contributed by atoms with E-state index in [0.717, 1.165) is 50.1 Å². The van der Waals surface area contributed by atoms with Crippen LogP contribution in [0.3, 0.4) is 0 Å². The molecule has 6 aromatic carbocycles. The fourth-order valence-electron chi connectivity index (χ4n) is 16.9. The van der Waals surface area contributed by atoms with Gasteiger partial charge in [0.1, 0.15) is 35.1 Å². The number of esters is 2. The van der Waals surface area contributed by atoms with E-state index in [1.807, 2.05) is 27.8 Å². The molecule has 10 atom stereocenters. The number of nitrogens with one attached hydrogen (secondary N) is 1. The number of rotatable bonds is 17. The number of phenols is 2. The first-order valence-corrected chi connectivity index (χ1v) is 34.0. The number of hydrogen-bond donors (Lipinski definition) is 5. The van der Waals surface area contributed by atoms with Crippen molar-refractivity contribution in [1.29, 1.82) is 10.5 Å². The average molecular weight is 1420 g/mol. The molecule has 8 aliphatic rings. The fourth-order valence-corrected chi connectivity index (χ4v) is 16.9. The Bertz CT molecular complexity index is 4350. The van der Waals surface area contributed by atoms with Gasteiger partial charge in [-0.1, -0.05) is 36.4 Å². The summed E-state index contributed by atoms with van der Waals surface area (Å²) in [4.78, 5) is 54.8. The van der Waals surface area contributed by atoms with Crippen molar-refractivity contribution >= 4 is 23.8 Å². The van der Waals surface area contributed by atoms with E-state index >= 15 is 0 Å². The number of phenolic OH excluding ortho intramolecular Hbond substituents is 2. The minimum Gasteiger partial charge on any atom is -0.507 e. The first-order chi connectivity index (χ1) is 49.5. The Hall–Kier alpha value is -10.1. The van der Waals surface area contributed by atoms with E-state index in [1.165, 1.54) is 13.8 Å². The topological polar surface area (TPSA) is 338 Å². The molecule has 0 aliphatic carbocycles. The Morgan fingerprint density at radius 3 is 1.37 bits per heavy atom. The summed E-state index contributed by atoms with van der Waals surface area (Å²) in [7, 11) is 10.5. The summed E-state index contributed by atoms with van der Waals surface area (Å²) < 4.78 is 68.3. The molecule has 4 bridgehead atoms. The number of hydrogen-bond acceptors (Lipinski definition) is 25. The highest BCUT2D eigenvalue weighted by molar-refractivity contribution is 5.79. The molecule has 0 spiro atoms. The molecule has 0 aromatic heterocycles. The number of aromatic hydroxyl groups is 2. The Balaban J connectivity index is 0.000000168. The number of fused-ring (bicyclic) bond motifs is 18. The number of likely N-dealkylation sites (N-methyl/N-ethyl adjacent to an activating group) is 2. The predicted molar refractivity (Wildman–Crippen MR) is 370 cm³/mol. The Labute approximate surface area is 596 Å². The highest BCUT2D eigenvalue weighted by atomic mass is 16.7. The summed E-state index contributed by atoms with van der Waals surface area (Å²) in [5.41, 5.74) is 18.3. The quantitative estimate of drug-likeness (QED) is 0.0335. The van der Waals surface area contributed by atoms with Crippen molar-refractivity contribution in [3.63, 3.8) is 0 Å². The molecule has 1 amide bonds. The number of nitrogens with zero attached hydrogens (tertiary/aromatic N) is 6. The van der Waals surface area contributed by atoms with Gasteiger partial charge in [-0.2, -0.15) is 10.5 Å². The predicted octanol–water partition coefficient (Wildman–Crippen LogP) is 7.48. The number of aryl methyl sites for hydroxylation is 2. The van der Waals surface area contributed by atoms with Gasteiger partial charge in [-0.25, -0.2) is 0 Å². The normalized spacial score (nSPS) is 22.7. The smallest absolute Gasteiger partial charge is 0.308 e. The van der Waals surface area contributed by atoms with Crippen LogP contribution in [0, 0.1) is 50.4 Å². The average Bonchev–Trinajstić information content (AvgIpc) is 1.20. The number of nitriles is 2. The molecule has 27 nitrogen and oxygen atoms in total. The number of aliphatic carboxylic acids is 1. The van der Waals surface area contributed by atoms with Crippen LogP contribution in [0.4, 0.5) is 0 Å². The highest BCUT2D eigenvalue weighted by Crippen LogP contribution is 2.61. The molecule has 2 saturated heterocycles. The maximum Gasteiger partial charge on any atom is 0.308 e. The zero-order valence-electron chi connectivity index (χ0n) is 59.7. The lowest BCUT2D eigenvalue weighted by Crippen LogP contribution is -2.68. The first kappa shape index (κ1) is 72.7. The lowest BCUT2D eigenvalue weighted by Gasteiger charge is -2.60.